The molecule has 1 unspecified atom stereocenters. The Morgan fingerprint density at radius 2 is 1.83 bits per heavy atom. The molecule has 2 aliphatic rings. The molecule has 24 heavy (non-hydrogen) atoms. The third kappa shape index (κ3) is 5.35. The fraction of sp³-hybridized carbons (Fsp3) is 0.611. The van der Waals surface area contributed by atoms with Crippen LogP contribution in [0, 0.1) is 0 Å². The summed E-state index contributed by atoms with van der Waals surface area (Å²) in [5.74, 6) is 0.291. The van der Waals surface area contributed by atoms with Gasteiger partial charge in [0, 0.05) is 32.7 Å². The molecule has 0 spiro atoms. The number of hydrogen-bond acceptors (Lipinski definition) is 3. The standard InChI is InChI=1S/C18H27N3O.2ClH/c1-20(18(22)17-8-5-11-19-17)16-9-12-21(13-10-16)14-15-6-3-2-4-7-15;;/h2-4,6-7,16-17,19H,5,8-14H2,1H3;2*1H. The average molecular weight is 374 g/mol. The van der Waals surface area contributed by atoms with Crippen molar-refractivity contribution in [1.82, 2.24) is 15.1 Å². The number of halogens is 2. The first-order valence-corrected chi connectivity index (χ1v) is 8.50. The zero-order valence-electron chi connectivity index (χ0n) is 14.3. The highest BCUT2D eigenvalue weighted by Gasteiger charge is 2.30. The maximum absolute atomic E-state index is 12.5. The van der Waals surface area contributed by atoms with Gasteiger partial charge < -0.3 is 10.2 Å². The maximum Gasteiger partial charge on any atom is 0.239 e. The van der Waals surface area contributed by atoms with Gasteiger partial charge in [0.15, 0.2) is 0 Å². The molecule has 1 aromatic carbocycles. The Kier molecular flexibility index (Phi) is 9.06. The Labute approximate surface area is 157 Å². The molecule has 0 bridgehead atoms. The van der Waals surface area contributed by atoms with Crippen molar-refractivity contribution in [3.63, 3.8) is 0 Å². The van der Waals surface area contributed by atoms with Gasteiger partial charge in [-0.05, 0) is 37.8 Å². The Balaban J connectivity index is 0.00000144. The SMILES string of the molecule is CN(C(=O)C1CCCN1)C1CCN(Cc2ccccc2)CC1.Cl.Cl. The van der Waals surface area contributed by atoms with Crippen LogP contribution in [0.1, 0.15) is 31.2 Å². The minimum Gasteiger partial charge on any atom is -0.341 e. The minimum absolute atomic E-state index is 0. The first kappa shape index (κ1) is 21.2. The number of carbonyl (C=O) groups is 1. The zero-order chi connectivity index (χ0) is 15.4. The van der Waals surface area contributed by atoms with Gasteiger partial charge in [-0.2, -0.15) is 0 Å². The Bertz CT molecular complexity index is 486. The zero-order valence-corrected chi connectivity index (χ0v) is 16.0. The number of rotatable bonds is 4. The lowest BCUT2D eigenvalue weighted by molar-refractivity contribution is -0.134. The lowest BCUT2D eigenvalue weighted by atomic mass is 10.0. The van der Waals surface area contributed by atoms with Gasteiger partial charge in [-0.3, -0.25) is 9.69 Å². The highest BCUT2D eigenvalue weighted by atomic mass is 35.5. The lowest BCUT2D eigenvalue weighted by Crippen LogP contribution is -2.50. The van der Waals surface area contributed by atoms with Crippen molar-refractivity contribution < 1.29 is 4.79 Å². The van der Waals surface area contributed by atoms with Crippen LogP contribution in [-0.2, 0) is 11.3 Å². The van der Waals surface area contributed by atoms with Gasteiger partial charge in [0.05, 0.1) is 6.04 Å². The van der Waals surface area contributed by atoms with E-state index in [2.05, 4.69) is 40.5 Å². The normalized spacial score (nSPS) is 21.6. The number of amides is 1. The van der Waals surface area contributed by atoms with Gasteiger partial charge in [0.1, 0.15) is 0 Å². The minimum atomic E-state index is 0. The van der Waals surface area contributed by atoms with Crippen LogP contribution in [0.5, 0.6) is 0 Å². The monoisotopic (exact) mass is 373 g/mol. The first-order valence-electron chi connectivity index (χ1n) is 8.50. The quantitative estimate of drug-likeness (QED) is 0.880. The molecule has 4 nitrogen and oxygen atoms in total. The smallest absolute Gasteiger partial charge is 0.239 e. The van der Waals surface area contributed by atoms with Crippen LogP contribution in [0.2, 0.25) is 0 Å². The molecule has 2 fully saturated rings. The van der Waals surface area contributed by atoms with E-state index in [1.165, 1.54) is 5.56 Å². The van der Waals surface area contributed by atoms with Gasteiger partial charge in [-0.25, -0.2) is 0 Å². The predicted octanol–water partition coefficient (Wildman–Crippen LogP) is 2.71. The molecule has 1 N–H and O–H groups in total. The molecule has 0 saturated carbocycles. The van der Waals surface area contributed by atoms with Crippen molar-refractivity contribution in [3.05, 3.63) is 35.9 Å². The van der Waals surface area contributed by atoms with E-state index in [9.17, 15) is 4.79 Å². The molecule has 2 aliphatic heterocycles. The van der Waals surface area contributed by atoms with Crippen LogP contribution in [0.4, 0.5) is 0 Å². The molecule has 2 heterocycles. The number of likely N-dealkylation sites (N-methyl/N-ethyl adjacent to an activating group) is 1. The molecule has 3 rings (SSSR count). The molecular formula is C18H29Cl2N3O. The molecule has 0 aliphatic carbocycles. The van der Waals surface area contributed by atoms with Gasteiger partial charge >= 0.3 is 0 Å². The topological polar surface area (TPSA) is 35.6 Å². The molecular weight excluding hydrogens is 345 g/mol. The van der Waals surface area contributed by atoms with Crippen molar-refractivity contribution in [2.45, 2.75) is 44.3 Å². The Hall–Kier alpha value is -0.810. The van der Waals surface area contributed by atoms with E-state index in [0.717, 1.165) is 51.9 Å². The maximum atomic E-state index is 12.5. The number of nitrogens with zero attached hydrogens (tertiary/aromatic N) is 2. The van der Waals surface area contributed by atoms with Gasteiger partial charge in [0.25, 0.3) is 0 Å². The van der Waals surface area contributed by atoms with Crippen molar-refractivity contribution in [1.29, 1.82) is 0 Å². The predicted molar refractivity (Wildman–Crippen MR) is 103 cm³/mol. The highest BCUT2D eigenvalue weighted by Crippen LogP contribution is 2.19. The van der Waals surface area contributed by atoms with E-state index in [1.807, 2.05) is 11.9 Å². The number of carbonyl (C=O) groups excluding carboxylic acids is 1. The van der Waals surface area contributed by atoms with Gasteiger partial charge in [0.2, 0.25) is 5.91 Å². The third-order valence-corrected chi connectivity index (χ3v) is 5.06. The summed E-state index contributed by atoms with van der Waals surface area (Å²) in [6, 6.07) is 11.1. The summed E-state index contributed by atoms with van der Waals surface area (Å²) >= 11 is 0. The molecule has 1 atom stereocenters. The number of nitrogens with one attached hydrogen (secondary N) is 1. The summed E-state index contributed by atoms with van der Waals surface area (Å²) in [6.07, 6.45) is 4.29. The van der Waals surface area contributed by atoms with Crippen molar-refractivity contribution in [2.24, 2.45) is 0 Å². The Morgan fingerprint density at radius 3 is 2.42 bits per heavy atom. The molecule has 136 valence electrons. The van der Waals surface area contributed by atoms with E-state index >= 15 is 0 Å². The molecule has 0 radical (unpaired) electrons. The van der Waals surface area contributed by atoms with Crippen LogP contribution in [-0.4, -0.2) is 54.5 Å². The molecule has 1 aromatic rings. The van der Waals surface area contributed by atoms with E-state index in [-0.39, 0.29) is 30.9 Å². The summed E-state index contributed by atoms with van der Waals surface area (Å²) in [5, 5.41) is 3.32. The summed E-state index contributed by atoms with van der Waals surface area (Å²) in [7, 11) is 1.99. The summed E-state index contributed by atoms with van der Waals surface area (Å²) < 4.78 is 0. The van der Waals surface area contributed by atoms with Crippen molar-refractivity contribution in [2.75, 3.05) is 26.7 Å². The van der Waals surface area contributed by atoms with Crippen LogP contribution in [0.15, 0.2) is 30.3 Å². The molecule has 2 saturated heterocycles. The number of hydrogen-bond donors (Lipinski definition) is 1. The lowest BCUT2D eigenvalue weighted by Gasteiger charge is -2.37. The largest absolute Gasteiger partial charge is 0.341 e. The van der Waals surface area contributed by atoms with E-state index in [0.29, 0.717) is 11.9 Å². The average Bonchev–Trinajstić information content (AvgIpc) is 3.10. The van der Waals surface area contributed by atoms with Gasteiger partial charge in [-0.1, -0.05) is 30.3 Å². The van der Waals surface area contributed by atoms with Crippen LogP contribution in [0.25, 0.3) is 0 Å². The fourth-order valence-electron chi connectivity index (χ4n) is 3.63. The van der Waals surface area contributed by atoms with E-state index < -0.39 is 0 Å². The van der Waals surface area contributed by atoms with Gasteiger partial charge in [-0.15, -0.1) is 24.8 Å². The second kappa shape index (κ2) is 10.2. The molecule has 0 aromatic heterocycles. The summed E-state index contributed by atoms with van der Waals surface area (Å²) in [4.78, 5) is 17.0. The van der Waals surface area contributed by atoms with Crippen LogP contribution < -0.4 is 5.32 Å². The second-order valence-corrected chi connectivity index (χ2v) is 6.59. The van der Waals surface area contributed by atoms with Crippen LogP contribution >= 0.6 is 24.8 Å². The molecule has 6 heteroatoms. The molecule has 1 amide bonds. The van der Waals surface area contributed by atoms with Crippen molar-refractivity contribution >= 4 is 30.7 Å². The summed E-state index contributed by atoms with van der Waals surface area (Å²) in [6.45, 7) is 4.17. The van der Waals surface area contributed by atoms with E-state index in [1.54, 1.807) is 0 Å². The number of piperidine rings is 1. The number of likely N-dealkylation sites (tertiary alicyclic amines) is 1. The third-order valence-electron chi connectivity index (χ3n) is 5.06. The first-order chi connectivity index (χ1) is 10.7. The summed E-state index contributed by atoms with van der Waals surface area (Å²) in [5.41, 5.74) is 1.38. The Morgan fingerprint density at radius 1 is 1.17 bits per heavy atom. The van der Waals surface area contributed by atoms with Crippen molar-refractivity contribution in [3.8, 4) is 0 Å². The fourth-order valence-corrected chi connectivity index (χ4v) is 3.63. The second-order valence-electron chi connectivity index (χ2n) is 6.59. The van der Waals surface area contributed by atoms with E-state index in [4.69, 9.17) is 0 Å². The number of benzene rings is 1. The highest BCUT2D eigenvalue weighted by molar-refractivity contribution is 5.85. The van der Waals surface area contributed by atoms with Crippen LogP contribution in [0.3, 0.4) is 0 Å².